The first-order valence-electron chi connectivity index (χ1n) is 12.4. The number of aromatic nitrogens is 1. The summed E-state index contributed by atoms with van der Waals surface area (Å²) in [6.07, 6.45) is 6.63. The second-order valence-corrected chi connectivity index (χ2v) is 12.0. The number of aryl methyl sites for hydroxylation is 1. The number of carbonyl (C=O) groups excluding carboxylic acids is 1. The zero-order valence-electron chi connectivity index (χ0n) is 21.2. The summed E-state index contributed by atoms with van der Waals surface area (Å²) >= 11 is 0. The Hall–Kier alpha value is -2.04. The van der Waals surface area contributed by atoms with Gasteiger partial charge in [0, 0.05) is 32.1 Å². The highest BCUT2D eigenvalue weighted by Crippen LogP contribution is 2.52. The summed E-state index contributed by atoms with van der Waals surface area (Å²) in [4.78, 5) is 21.8. The number of oxazole rings is 1. The molecule has 32 heavy (non-hydrogen) atoms. The van der Waals surface area contributed by atoms with Crippen LogP contribution in [0, 0.1) is 5.41 Å². The fourth-order valence-corrected chi connectivity index (χ4v) is 5.43. The highest BCUT2D eigenvalue weighted by atomic mass is 16.3. The summed E-state index contributed by atoms with van der Waals surface area (Å²) in [5.41, 5.74) is 4.60. The number of likely N-dealkylation sites (tertiary alicyclic amines) is 1. The van der Waals surface area contributed by atoms with Gasteiger partial charge in [0.25, 0.3) is 0 Å². The molecule has 5 heteroatoms. The number of hydrogen-bond acceptors (Lipinski definition) is 3. The van der Waals surface area contributed by atoms with Gasteiger partial charge in [0.05, 0.1) is 0 Å². The van der Waals surface area contributed by atoms with Gasteiger partial charge in [0.15, 0.2) is 5.58 Å². The number of benzene rings is 1. The van der Waals surface area contributed by atoms with Gasteiger partial charge in [-0.05, 0) is 72.6 Å². The fourth-order valence-electron chi connectivity index (χ4n) is 5.43. The first kappa shape index (κ1) is 23.1. The van der Waals surface area contributed by atoms with Crippen LogP contribution in [0.5, 0.6) is 0 Å². The molecule has 1 atom stereocenters. The van der Waals surface area contributed by atoms with Crippen molar-refractivity contribution in [3.63, 3.8) is 0 Å². The maximum Gasteiger partial charge on any atom is 0.319 e. The van der Waals surface area contributed by atoms with E-state index in [0.717, 1.165) is 68.7 Å². The molecular formula is C27H41N3O2. The largest absolute Gasteiger partial charge is 0.440 e. The minimum atomic E-state index is -0.111. The first-order chi connectivity index (χ1) is 14.9. The average Bonchev–Trinajstić information content (AvgIpc) is 3.18. The summed E-state index contributed by atoms with van der Waals surface area (Å²) in [6, 6.07) is 4.68. The van der Waals surface area contributed by atoms with Crippen LogP contribution < -0.4 is 0 Å². The quantitative estimate of drug-likeness (QED) is 0.565. The molecule has 0 unspecified atom stereocenters. The fraction of sp³-hybridized carbons (Fsp3) is 0.704. The highest BCUT2D eigenvalue weighted by Gasteiger charge is 2.46. The number of rotatable bonds is 3. The van der Waals surface area contributed by atoms with E-state index >= 15 is 0 Å². The molecule has 1 saturated heterocycles. The second-order valence-electron chi connectivity index (χ2n) is 12.0. The van der Waals surface area contributed by atoms with Gasteiger partial charge >= 0.3 is 6.03 Å². The van der Waals surface area contributed by atoms with Crippen LogP contribution in [0.3, 0.4) is 0 Å². The number of carbonyl (C=O) groups is 1. The van der Waals surface area contributed by atoms with Crippen molar-refractivity contribution in [3.05, 3.63) is 29.2 Å². The molecule has 2 amide bonds. The van der Waals surface area contributed by atoms with Crippen LogP contribution in [0.1, 0.15) is 90.7 Å². The lowest BCUT2D eigenvalue weighted by Gasteiger charge is -2.50. The first-order valence-corrected chi connectivity index (χ1v) is 12.4. The van der Waals surface area contributed by atoms with Crippen molar-refractivity contribution in [2.45, 2.75) is 90.9 Å². The summed E-state index contributed by atoms with van der Waals surface area (Å²) in [7, 11) is 1.97. The van der Waals surface area contributed by atoms with Crippen molar-refractivity contribution in [3.8, 4) is 0 Å². The Morgan fingerprint density at radius 3 is 2.50 bits per heavy atom. The smallest absolute Gasteiger partial charge is 0.319 e. The van der Waals surface area contributed by atoms with E-state index in [2.05, 4.69) is 53.7 Å². The Bertz CT molecular complexity index is 994. The molecule has 1 aliphatic heterocycles. The van der Waals surface area contributed by atoms with Crippen LogP contribution in [-0.4, -0.2) is 47.5 Å². The van der Waals surface area contributed by atoms with Gasteiger partial charge < -0.3 is 14.2 Å². The third-order valence-electron chi connectivity index (χ3n) is 8.26. The number of hydrogen-bond donors (Lipinski definition) is 0. The van der Waals surface area contributed by atoms with E-state index in [1.165, 1.54) is 17.5 Å². The summed E-state index contributed by atoms with van der Waals surface area (Å²) in [5.74, 6) is 0.794. The molecule has 0 bridgehead atoms. The third kappa shape index (κ3) is 4.04. The summed E-state index contributed by atoms with van der Waals surface area (Å²) in [5, 5.41) is 0. The van der Waals surface area contributed by atoms with Crippen LogP contribution in [0.4, 0.5) is 4.79 Å². The summed E-state index contributed by atoms with van der Waals surface area (Å²) < 4.78 is 6.15. The maximum atomic E-state index is 13.0. The van der Waals surface area contributed by atoms with Gasteiger partial charge in [-0.3, -0.25) is 0 Å². The molecule has 1 aliphatic carbocycles. The van der Waals surface area contributed by atoms with Gasteiger partial charge in [-0.25, -0.2) is 9.78 Å². The van der Waals surface area contributed by atoms with E-state index in [-0.39, 0.29) is 22.3 Å². The minimum absolute atomic E-state index is 0.0357. The molecule has 176 valence electrons. The van der Waals surface area contributed by atoms with Crippen molar-refractivity contribution >= 4 is 17.1 Å². The van der Waals surface area contributed by atoms with Gasteiger partial charge in [-0.1, -0.05) is 41.5 Å². The third-order valence-corrected chi connectivity index (χ3v) is 8.26. The van der Waals surface area contributed by atoms with E-state index in [4.69, 9.17) is 9.40 Å². The standard InChI is InChI=1S/C27H41N3O2/c1-25(2,3)23-28-21-18-20-19(17-22(21)32-23)11-12-26(4,5)27(20,6)13-16-29(7)24(31)30-14-9-8-10-15-30/h17-18H,8-16H2,1-7H3/t27-/m0/s1. The molecule has 1 aromatic heterocycles. The molecule has 0 spiro atoms. The minimum Gasteiger partial charge on any atom is -0.440 e. The Labute approximate surface area is 193 Å². The molecular weight excluding hydrogens is 398 g/mol. The lowest BCUT2D eigenvalue weighted by atomic mass is 9.55. The van der Waals surface area contributed by atoms with Crippen LogP contribution in [-0.2, 0) is 17.3 Å². The number of piperidine rings is 1. The van der Waals surface area contributed by atoms with Crippen molar-refractivity contribution in [1.82, 2.24) is 14.8 Å². The van der Waals surface area contributed by atoms with Gasteiger partial charge in [0.2, 0.25) is 5.89 Å². The highest BCUT2D eigenvalue weighted by molar-refractivity contribution is 5.76. The number of urea groups is 1. The number of amides is 2. The molecule has 5 nitrogen and oxygen atoms in total. The van der Waals surface area contributed by atoms with Crippen LogP contribution in [0.25, 0.3) is 11.1 Å². The zero-order chi connectivity index (χ0) is 23.3. The van der Waals surface area contributed by atoms with E-state index in [0.29, 0.717) is 0 Å². The number of nitrogens with zero attached hydrogens (tertiary/aromatic N) is 3. The maximum absolute atomic E-state index is 13.0. The lowest BCUT2D eigenvalue weighted by Crippen LogP contribution is -2.48. The van der Waals surface area contributed by atoms with Crippen molar-refractivity contribution in [2.75, 3.05) is 26.7 Å². The van der Waals surface area contributed by atoms with Gasteiger partial charge in [0.1, 0.15) is 5.52 Å². The van der Waals surface area contributed by atoms with Crippen LogP contribution in [0.2, 0.25) is 0 Å². The van der Waals surface area contributed by atoms with E-state index < -0.39 is 0 Å². The van der Waals surface area contributed by atoms with Gasteiger partial charge in [-0.15, -0.1) is 0 Å². The van der Waals surface area contributed by atoms with Crippen molar-refractivity contribution < 1.29 is 9.21 Å². The molecule has 1 aromatic carbocycles. The van der Waals surface area contributed by atoms with E-state index in [1.54, 1.807) is 0 Å². The molecule has 2 aromatic rings. The summed E-state index contributed by atoms with van der Waals surface area (Å²) in [6.45, 7) is 16.1. The van der Waals surface area contributed by atoms with E-state index in [9.17, 15) is 4.79 Å². The predicted molar refractivity (Wildman–Crippen MR) is 130 cm³/mol. The molecule has 2 aliphatic rings. The average molecular weight is 440 g/mol. The SMILES string of the molecule is CN(CC[C@@]1(C)c2cc3nc(C(C)(C)C)oc3cc2CCC1(C)C)C(=O)N1CCCCC1. The van der Waals surface area contributed by atoms with Crippen molar-refractivity contribution in [1.29, 1.82) is 0 Å². The Balaban J connectivity index is 1.62. The van der Waals surface area contributed by atoms with Crippen LogP contribution in [0.15, 0.2) is 16.5 Å². The lowest BCUT2D eigenvalue weighted by molar-refractivity contribution is 0.114. The zero-order valence-corrected chi connectivity index (χ0v) is 21.2. The topological polar surface area (TPSA) is 49.6 Å². The molecule has 0 radical (unpaired) electrons. The van der Waals surface area contributed by atoms with Gasteiger partial charge in [-0.2, -0.15) is 0 Å². The molecule has 0 N–H and O–H groups in total. The molecule has 1 fully saturated rings. The normalized spacial score (nSPS) is 23.3. The monoisotopic (exact) mass is 439 g/mol. The van der Waals surface area contributed by atoms with Crippen molar-refractivity contribution in [2.24, 2.45) is 5.41 Å². The Kier molecular flexibility index (Phi) is 5.83. The molecule has 2 heterocycles. The van der Waals surface area contributed by atoms with E-state index in [1.807, 2.05) is 16.8 Å². The second kappa shape index (κ2) is 8.07. The predicted octanol–water partition coefficient (Wildman–Crippen LogP) is 6.28. The molecule has 4 rings (SSSR count). The Morgan fingerprint density at radius 2 is 1.84 bits per heavy atom. The van der Waals surface area contributed by atoms with Crippen LogP contribution >= 0.6 is 0 Å². The molecule has 0 saturated carbocycles. The number of fused-ring (bicyclic) bond motifs is 2. The Morgan fingerprint density at radius 1 is 1.16 bits per heavy atom.